The Kier molecular flexibility index (Phi) is 6.52. The van der Waals surface area contributed by atoms with Crippen molar-refractivity contribution in [1.29, 1.82) is 0 Å². The summed E-state index contributed by atoms with van der Waals surface area (Å²) in [5, 5.41) is 7.46. The summed E-state index contributed by atoms with van der Waals surface area (Å²) in [4.78, 5) is 20.6. The van der Waals surface area contributed by atoms with Crippen LogP contribution < -0.4 is 15.0 Å². The molecule has 0 atom stereocenters. The van der Waals surface area contributed by atoms with Crippen molar-refractivity contribution in [3.63, 3.8) is 0 Å². The van der Waals surface area contributed by atoms with Crippen LogP contribution in [0.2, 0.25) is 0 Å². The first-order valence-corrected chi connectivity index (χ1v) is 9.51. The molecule has 28 heavy (non-hydrogen) atoms. The lowest BCUT2D eigenvalue weighted by atomic mass is 10.2. The quantitative estimate of drug-likeness (QED) is 0.463. The average Bonchev–Trinajstić information content (AvgIpc) is 3.12. The number of hydrogen-bond acceptors (Lipinski definition) is 4. The van der Waals surface area contributed by atoms with Gasteiger partial charge in [-0.05, 0) is 25.5 Å². The summed E-state index contributed by atoms with van der Waals surface area (Å²) in [5.41, 5.74) is 2.05. The number of carbonyl (C=O) groups is 1. The van der Waals surface area contributed by atoms with Gasteiger partial charge in [0, 0.05) is 39.9 Å². The number of ether oxygens (including phenoxy) is 1. The SMILES string of the molecule is CN=C(NCCCOc1ccc(C)cc1)N1CCN(c2cnn(C)c2)C(=O)C1. The van der Waals surface area contributed by atoms with Crippen LogP contribution in [0.4, 0.5) is 5.69 Å². The van der Waals surface area contributed by atoms with E-state index >= 15 is 0 Å². The lowest BCUT2D eigenvalue weighted by Crippen LogP contribution is -2.55. The summed E-state index contributed by atoms with van der Waals surface area (Å²) >= 11 is 0. The fourth-order valence-electron chi connectivity index (χ4n) is 3.10. The van der Waals surface area contributed by atoms with Crippen molar-refractivity contribution in [2.75, 3.05) is 44.7 Å². The minimum absolute atomic E-state index is 0.0462. The van der Waals surface area contributed by atoms with E-state index < -0.39 is 0 Å². The number of nitrogens with one attached hydrogen (secondary N) is 1. The Bertz CT molecular complexity index is 814. The third-order valence-electron chi connectivity index (χ3n) is 4.63. The monoisotopic (exact) mass is 384 g/mol. The van der Waals surface area contributed by atoms with Crippen LogP contribution in [0.5, 0.6) is 5.75 Å². The zero-order chi connectivity index (χ0) is 19.9. The van der Waals surface area contributed by atoms with Crippen LogP contribution >= 0.6 is 0 Å². The normalized spacial score (nSPS) is 15.1. The summed E-state index contributed by atoms with van der Waals surface area (Å²) in [7, 11) is 3.58. The molecule has 8 nitrogen and oxygen atoms in total. The van der Waals surface area contributed by atoms with Gasteiger partial charge in [0.25, 0.3) is 0 Å². The molecule has 0 saturated carbocycles. The van der Waals surface area contributed by atoms with E-state index in [2.05, 4.69) is 22.3 Å². The number of piperazine rings is 1. The molecule has 1 saturated heterocycles. The van der Waals surface area contributed by atoms with E-state index in [0.29, 0.717) is 19.7 Å². The van der Waals surface area contributed by atoms with E-state index in [1.807, 2.05) is 42.4 Å². The van der Waals surface area contributed by atoms with Crippen LogP contribution in [-0.4, -0.2) is 66.4 Å². The van der Waals surface area contributed by atoms with Gasteiger partial charge in [0.05, 0.1) is 18.5 Å². The zero-order valence-corrected chi connectivity index (χ0v) is 16.8. The Morgan fingerprint density at radius 3 is 2.71 bits per heavy atom. The van der Waals surface area contributed by atoms with E-state index in [0.717, 1.165) is 36.9 Å². The zero-order valence-electron chi connectivity index (χ0n) is 16.8. The average molecular weight is 384 g/mol. The van der Waals surface area contributed by atoms with Gasteiger partial charge >= 0.3 is 0 Å². The summed E-state index contributed by atoms with van der Waals surface area (Å²) in [6.45, 7) is 5.05. The molecule has 2 aromatic rings. The van der Waals surface area contributed by atoms with Crippen molar-refractivity contribution in [2.24, 2.45) is 12.0 Å². The minimum atomic E-state index is 0.0462. The third-order valence-corrected chi connectivity index (χ3v) is 4.63. The first kappa shape index (κ1) is 19.7. The molecule has 3 rings (SSSR count). The molecule has 1 aliphatic rings. The number of anilines is 1. The largest absolute Gasteiger partial charge is 0.494 e. The maximum absolute atomic E-state index is 12.5. The van der Waals surface area contributed by atoms with E-state index in [9.17, 15) is 4.79 Å². The predicted molar refractivity (Wildman–Crippen MR) is 110 cm³/mol. The van der Waals surface area contributed by atoms with Crippen molar-refractivity contribution in [3.8, 4) is 5.75 Å². The Morgan fingerprint density at radius 2 is 2.07 bits per heavy atom. The topological polar surface area (TPSA) is 75.0 Å². The Hall–Kier alpha value is -3.03. The summed E-state index contributed by atoms with van der Waals surface area (Å²) in [6.07, 6.45) is 4.42. The van der Waals surface area contributed by atoms with Crippen molar-refractivity contribution in [1.82, 2.24) is 20.0 Å². The van der Waals surface area contributed by atoms with E-state index in [1.165, 1.54) is 5.56 Å². The molecule has 1 aromatic carbocycles. The van der Waals surface area contributed by atoms with Crippen LogP contribution in [0.3, 0.4) is 0 Å². The van der Waals surface area contributed by atoms with E-state index in [-0.39, 0.29) is 5.91 Å². The van der Waals surface area contributed by atoms with Crippen LogP contribution in [-0.2, 0) is 11.8 Å². The molecular weight excluding hydrogens is 356 g/mol. The molecular formula is C20H28N6O2. The number of benzene rings is 1. The number of guanidine groups is 1. The lowest BCUT2D eigenvalue weighted by Gasteiger charge is -2.35. The second-order valence-corrected chi connectivity index (χ2v) is 6.83. The second kappa shape index (κ2) is 9.25. The summed E-state index contributed by atoms with van der Waals surface area (Å²) < 4.78 is 7.44. The van der Waals surface area contributed by atoms with Gasteiger partial charge in [0.15, 0.2) is 5.96 Å². The highest BCUT2D eigenvalue weighted by Crippen LogP contribution is 2.16. The van der Waals surface area contributed by atoms with Gasteiger partial charge in [-0.15, -0.1) is 0 Å². The molecule has 0 aliphatic carbocycles. The molecule has 1 aliphatic heterocycles. The van der Waals surface area contributed by atoms with Crippen LogP contribution in [0.25, 0.3) is 0 Å². The molecule has 1 aromatic heterocycles. The molecule has 0 radical (unpaired) electrons. The summed E-state index contributed by atoms with van der Waals surface area (Å²) in [6, 6.07) is 8.04. The third kappa shape index (κ3) is 5.03. The van der Waals surface area contributed by atoms with E-state index in [4.69, 9.17) is 4.74 Å². The van der Waals surface area contributed by atoms with Crippen molar-refractivity contribution >= 4 is 17.6 Å². The van der Waals surface area contributed by atoms with Gasteiger partial charge in [0.2, 0.25) is 5.91 Å². The van der Waals surface area contributed by atoms with Gasteiger partial charge in [0.1, 0.15) is 12.3 Å². The fraction of sp³-hybridized carbons (Fsp3) is 0.450. The van der Waals surface area contributed by atoms with Gasteiger partial charge in [-0.2, -0.15) is 5.10 Å². The highest BCUT2D eigenvalue weighted by atomic mass is 16.5. The molecule has 150 valence electrons. The van der Waals surface area contributed by atoms with Gasteiger partial charge in [-0.25, -0.2) is 0 Å². The number of amides is 1. The second-order valence-electron chi connectivity index (χ2n) is 6.83. The molecule has 0 spiro atoms. The smallest absolute Gasteiger partial charge is 0.246 e. The highest BCUT2D eigenvalue weighted by Gasteiger charge is 2.27. The number of nitrogens with zero attached hydrogens (tertiary/aromatic N) is 5. The maximum Gasteiger partial charge on any atom is 0.246 e. The molecule has 0 unspecified atom stereocenters. The van der Waals surface area contributed by atoms with Crippen LogP contribution in [0.15, 0.2) is 41.7 Å². The molecule has 8 heteroatoms. The van der Waals surface area contributed by atoms with E-state index in [1.54, 1.807) is 22.8 Å². The molecule has 1 amide bonds. The van der Waals surface area contributed by atoms with Gasteiger partial charge in [-0.1, -0.05) is 17.7 Å². The standard InChI is InChI=1S/C20H28N6O2/c1-16-5-7-18(8-6-16)28-12-4-9-22-20(21-2)25-10-11-26(19(27)15-25)17-13-23-24(3)14-17/h5-8,13-14H,4,9-12,15H2,1-3H3,(H,21,22). The first-order chi connectivity index (χ1) is 13.6. The predicted octanol–water partition coefficient (Wildman–Crippen LogP) is 1.42. The van der Waals surface area contributed by atoms with Crippen LogP contribution in [0, 0.1) is 6.92 Å². The Balaban J connectivity index is 1.41. The summed E-state index contributed by atoms with van der Waals surface area (Å²) in [5.74, 6) is 1.67. The first-order valence-electron chi connectivity index (χ1n) is 9.51. The molecule has 2 heterocycles. The number of carbonyl (C=O) groups excluding carboxylic acids is 1. The number of rotatable bonds is 6. The Morgan fingerprint density at radius 1 is 1.29 bits per heavy atom. The molecule has 1 N–H and O–H groups in total. The molecule has 1 fully saturated rings. The highest BCUT2D eigenvalue weighted by molar-refractivity contribution is 5.98. The number of hydrogen-bond donors (Lipinski definition) is 1. The van der Waals surface area contributed by atoms with Crippen molar-refractivity contribution < 1.29 is 9.53 Å². The number of aliphatic imine (C=N–C) groups is 1. The fourth-order valence-corrected chi connectivity index (χ4v) is 3.10. The minimum Gasteiger partial charge on any atom is -0.494 e. The molecule has 0 bridgehead atoms. The van der Waals surface area contributed by atoms with Gasteiger partial charge in [-0.3, -0.25) is 14.5 Å². The van der Waals surface area contributed by atoms with Crippen molar-refractivity contribution in [2.45, 2.75) is 13.3 Å². The number of aromatic nitrogens is 2. The Labute approximate surface area is 165 Å². The lowest BCUT2D eigenvalue weighted by molar-refractivity contribution is -0.120. The van der Waals surface area contributed by atoms with Crippen molar-refractivity contribution in [3.05, 3.63) is 42.2 Å². The number of aryl methyl sites for hydroxylation is 2. The van der Waals surface area contributed by atoms with Crippen LogP contribution in [0.1, 0.15) is 12.0 Å². The maximum atomic E-state index is 12.5. The van der Waals surface area contributed by atoms with Gasteiger partial charge < -0.3 is 19.9 Å².